The summed E-state index contributed by atoms with van der Waals surface area (Å²) in [4.78, 5) is 14.4. The number of fused-ring (bicyclic) bond motifs is 1. The molecule has 0 bridgehead atoms. The summed E-state index contributed by atoms with van der Waals surface area (Å²) in [7, 11) is 0. The van der Waals surface area contributed by atoms with Gasteiger partial charge in [0.05, 0.1) is 5.69 Å². The van der Waals surface area contributed by atoms with Crippen LogP contribution >= 0.6 is 0 Å². The summed E-state index contributed by atoms with van der Waals surface area (Å²) in [6, 6.07) is 7.46. The molecule has 116 valence electrons. The van der Waals surface area contributed by atoms with Crippen LogP contribution in [0.3, 0.4) is 0 Å². The smallest absolute Gasteiger partial charge is 0.260 e. The lowest BCUT2D eigenvalue weighted by atomic mass is 10.1. The van der Waals surface area contributed by atoms with Crippen molar-refractivity contribution in [2.24, 2.45) is 0 Å². The Bertz CT molecular complexity index is 853. The Morgan fingerprint density at radius 3 is 2.96 bits per heavy atom. The molecule has 3 heterocycles. The molecule has 1 aliphatic rings. The van der Waals surface area contributed by atoms with Crippen molar-refractivity contribution < 1.29 is 4.79 Å². The topological polar surface area (TPSA) is 81.7 Å². The van der Waals surface area contributed by atoms with E-state index < -0.39 is 0 Å². The van der Waals surface area contributed by atoms with Crippen LogP contribution in [0.4, 0.5) is 5.95 Å². The van der Waals surface area contributed by atoms with E-state index in [1.165, 1.54) is 0 Å². The first-order valence-electron chi connectivity index (χ1n) is 7.43. The first-order valence-corrected chi connectivity index (χ1v) is 7.43. The Balaban J connectivity index is 1.67. The Morgan fingerprint density at radius 2 is 2.17 bits per heavy atom. The fourth-order valence-electron chi connectivity index (χ4n) is 2.82. The molecule has 1 aromatic carbocycles. The molecule has 0 aliphatic carbocycles. The van der Waals surface area contributed by atoms with E-state index in [0.717, 1.165) is 24.2 Å². The second-order valence-corrected chi connectivity index (χ2v) is 5.46. The Labute approximate surface area is 132 Å². The van der Waals surface area contributed by atoms with Gasteiger partial charge in [-0.1, -0.05) is 5.10 Å². The third kappa shape index (κ3) is 2.28. The number of hydrogen-bond acceptors (Lipinski definition) is 5. The second-order valence-electron chi connectivity index (χ2n) is 5.46. The van der Waals surface area contributed by atoms with E-state index in [9.17, 15) is 4.79 Å². The number of nitrogens with zero attached hydrogens (tertiary/aromatic N) is 7. The van der Waals surface area contributed by atoms with Gasteiger partial charge in [0.25, 0.3) is 11.9 Å². The minimum atomic E-state index is -0.0872. The SMILES string of the molecule is Cc1cc(C(=O)N2CCCn3nnnc32)ccc1-n1cccn1. The molecule has 0 radical (unpaired) electrons. The van der Waals surface area contributed by atoms with Crippen molar-refractivity contribution in [3.63, 3.8) is 0 Å². The van der Waals surface area contributed by atoms with Crippen LogP contribution in [0, 0.1) is 6.92 Å². The molecule has 1 aliphatic heterocycles. The fourth-order valence-corrected chi connectivity index (χ4v) is 2.82. The highest BCUT2D eigenvalue weighted by molar-refractivity contribution is 6.05. The molecule has 0 saturated carbocycles. The fraction of sp³-hybridized carbons (Fsp3) is 0.267. The number of anilines is 1. The highest BCUT2D eigenvalue weighted by atomic mass is 16.2. The maximum absolute atomic E-state index is 12.8. The molecule has 0 saturated heterocycles. The van der Waals surface area contributed by atoms with Gasteiger partial charge in [0.2, 0.25) is 0 Å². The van der Waals surface area contributed by atoms with Crippen molar-refractivity contribution in [1.29, 1.82) is 0 Å². The van der Waals surface area contributed by atoms with Gasteiger partial charge in [-0.2, -0.15) is 5.10 Å². The molecule has 8 nitrogen and oxygen atoms in total. The van der Waals surface area contributed by atoms with Crippen LogP contribution in [0.25, 0.3) is 5.69 Å². The van der Waals surface area contributed by atoms with E-state index in [1.807, 2.05) is 37.4 Å². The molecule has 0 atom stereocenters. The van der Waals surface area contributed by atoms with E-state index in [-0.39, 0.29) is 5.91 Å². The number of aromatic nitrogens is 6. The predicted molar refractivity (Wildman–Crippen MR) is 82.4 cm³/mol. The van der Waals surface area contributed by atoms with Gasteiger partial charge in [-0.05, 0) is 53.6 Å². The number of carbonyl (C=O) groups excluding carboxylic acids is 1. The zero-order valence-electron chi connectivity index (χ0n) is 12.6. The predicted octanol–water partition coefficient (Wildman–Crippen LogP) is 1.22. The van der Waals surface area contributed by atoms with Crippen LogP contribution in [0.5, 0.6) is 0 Å². The molecule has 3 aromatic rings. The average Bonchev–Trinajstić information content (AvgIpc) is 3.25. The average molecular weight is 309 g/mol. The van der Waals surface area contributed by atoms with Crippen molar-refractivity contribution in [3.8, 4) is 5.69 Å². The van der Waals surface area contributed by atoms with Gasteiger partial charge in [-0.25, -0.2) is 9.36 Å². The van der Waals surface area contributed by atoms with Gasteiger partial charge < -0.3 is 0 Å². The maximum Gasteiger partial charge on any atom is 0.260 e. The van der Waals surface area contributed by atoms with E-state index in [1.54, 1.807) is 20.5 Å². The molecule has 23 heavy (non-hydrogen) atoms. The highest BCUT2D eigenvalue weighted by Gasteiger charge is 2.26. The number of tetrazole rings is 1. The van der Waals surface area contributed by atoms with Gasteiger partial charge in [0.1, 0.15) is 0 Å². The van der Waals surface area contributed by atoms with Crippen LogP contribution in [0.15, 0.2) is 36.7 Å². The van der Waals surface area contributed by atoms with Crippen LogP contribution in [-0.2, 0) is 6.54 Å². The summed E-state index contributed by atoms with van der Waals surface area (Å²) < 4.78 is 3.44. The molecule has 0 fully saturated rings. The summed E-state index contributed by atoms with van der Waals surface area (Å²) in [6.45, 7) is 3.33. The minimum Gasteiger partial charge on any atom is -0.275 e. The van der Waals surface area contributed by atoms with Crippen molar-refractivity contribution in [2.45, 2.75) is 19.9 Å². The number of hydrogen-bond donors (Lipinski definition) is 0. The second kappa shape index (κ2) is 5.31. The quantitative estimate of drug-likeness (QED) is 0.711. The van der Waals surface area contributed by atoms with Gasteiger partial charge in [0.15, 0.2) is 0 Å². The molecule has 8 heteroatoms. The van der Waals surface area contributed by atoms with Crippen molar-refractivity contribution >= 4 is 11.9 Å². The zero-order chi connectivity index (χ0) is 15.8. The van der Waals surface area contributed by atoms with Gasteiger partial charge in [0, 0.05) is 31.0 Å². The lowest BCUT2D eigenvalue weighted by Gasteiger charge is -2.25. The Morgan fingerprint density at radius 1 is 1.26 bits per heavy atom. The van der Waals surface area contributed by atoms with Crippen LogP contribution in [0.2, 0.25) is 0 Å². The minimum absolute atomic E-state index is 0.0872. The normalized spacial score (nSPS) is 13.9. The maximum atomic E-state index is 12.8. The van der Waals surface area contributed by atoms with Crippen LogP contribution in [0.1, 0.15) is 22.3 Å². The Kier molecular flexibility index (Phi) is 3.14. The van der Waals surface area contributed by atoms with Crippen LogP contribution in [-0.4, -0.2) is 42.4 Å². The van der Waals surface area contributed by atoms with Gasteiger partial charge >= 0.3 is 0 Å². The molecule has 1 amide bonds. The standard InChI is InChI=1S/C15H15N7O/c1-11-10-12(4-5-13(11)21-8-2-6-16-21)14(23)20-7-3-9-22-15(20)17-18-19-22/h2,4-6,8,10H,3,7,9H2,1H3. The van der Waals surface area contributed by atoms with Crippen molar-refractivity contribution in [3.05, 3.63) is 47.8 Å². The molecule has 2 aromatic heterocycles. The van der Waals surface area contributed by atoms with E-state index in [4.69, 9.17) is 0 Å². The van der Waals surface area contributed by atoms with Crippen LogP contribution < -0.4 is 4.90 Å². The zero-order valence-corrected chi connectivity index (χ0v) is 12.6. The molecule has 0 spiro atoms. The van der Waals surface area contributed by atoms with Crippen molar-refractivity contribution in [2.75, 3.05) is 11.4 Å². The molecular formula is C15H15N7O. The molecule has 4 rings (SSSR count). The van der Waals surface area contributed by atoms with E-state index in [0.29, 0.717) is 18.1 Å². The number of benzene rings is 1. The largest absolute Gasteiger partial charge is 0.275 e. The summed E-state index contributed by atoms with van der Waals surface area (Å²) >= 11 is 0. The number of amides is 1. The number of aryl methyl sites for hydroxylation is 2. The summed E-state index contributed by atoms with van der Waals surface area (Å²) in [6.07, 6.45) is 4.45. The van der Waals surface area contributed by atoms with E-state index in [2.05, 4.69) is 20.6 Å². The summed E-state index contributed by atoms with van der Waals surface area (Å²) in [5.74, 6) is 0.422. The molecule has 0 N–H and O–H groups in total. The van der Waals surface area contributed by atoms with Crippen molar-refractivity contribution in [1.82, 2.24) is 30.0 Å². The third-order valence-corrected chi connectivity index (χ3v) is 3.95. The lowest BCUT2D eigenvalue weighted by molar-refractivity contribution is 0.0980. The highest BCUT2D eigenvalue weighted by Crippen LogP contribution is 2.21. The monoisotopic (exact) mass is 309 g/mol. The molecule has 0 unspecified atom stereocenters. The van der Waals surface area contributed by atoms with E-state index >= 15 is 0 Å². The number of rotatable bonds is 2. The third-order valence-electron chi connectivity index (χ3n) is 3.95. The first-order chi connectivity index (χ1) is 11.2. The number of carbonyl (C=O) groups is 1. The van der Waals surface area contributed by atoms with Gasteiger partial charge in [-0.3, -0.25) is 9.69 Å². The summed E-state index contributed by atoms with van der Waals surface area (Å²) in [5.41, 5.74) is 2.56. The lowest BCUT2D eigenvalue weighted by Crippen LogP contribution is -2.38. The molecular weight excluding hydrogens is 294 g/mol. The summed E-state index contributed by atoms with van der Waals surface area (Å²) in [5, 5.41) is 15.7. The van der Waals surface area contributed by atoms with Gasteiger partial charge in [-0.15, -0.1) is 0 Å². The first kappa shape index (κ1) is 13.6. The Hall–Kier alpha value is -3.03.